The van der Waals surface area contributed by atoms with Crippen LogP contribution in [0.5, 0.6) is 0 Å². The van der Waals surface area contributed by atoms with Gasteiger partial charge >= 0.3 is 5.97 Å². The van der Waals surface area contributed by atoms with Gasteiger partial charge in [0.15, 0.2) is 6.10 Å². The summed E-state index contributed by atoms with van der Waals surface area (Å²) in [6.45, 7) is -0.230. The average molecular weight is 318 g/mol. The Labute approximate surface area is 126 Å². The number of amides is 1. The van der Waals surface area contributed by atoms with Crippen LogP contribution >= 0.6 is 23.2 Å². The minimum atomic E-state index is -1.39. The maximum atomic E-state index is 11.5. The summed E-state index contributed by atoms with van der Waals surface area (Å²) in [6, 6.07) is 4.86. The number of aliphatic hydroxyl groups is 1. The molecule has 0 heterocycles. The molecule has 0 saturated heterocycles. The average Bonchev–Trinajstić information content (AvgIpc) is 2.40. The van der Waals surface area contributed by atoms with E-state index in [0.29, 0.717) is 15.6 Å². The number of carbonyl (C=O) groups is 2. The molecule has 5 nitrogen and oxygen atoms in total. The molecule has 0 fully saturated rings. The summed E-state index contributed by atoms with van der Waals surface area (Å²) in [6.07, 6.45) is 1.36. The highest BCUT2D eigenvalue weighted by molar-refractivity contribution is 6.34. The van der Waals surface area contributed by atoms with Crippen molar-refractivity contribution in [2.24, 2.45) is 0 Å². The normalized spacial score (nSPS) is 12.2. The van der Waals surface area contributed by atoms with Gasteiger partial charge in [-0.1, -0.05) is 23.2 Å². The molecule has 0 aliphatic rings. The second-order valence-electron chi connectivity index (χ2n) is 3.82. The molecule has 0 aliphatic carbocycles. The fraction of sp³-hybridized carbons (Fsp3) is 0.231. The number of esters is 1. The summed E-state index contributed by atoms with van der Waals surface area (Å²) in [4.78, 5) is 22.4. The lowest BCUT2D eigenvalue weighted by molar-refractivity contribution is -0.150. The Morgan fingerprint density at radius 1 is 1.35 bits per heavy atom. The molecular formula is C13H13Cl2NO4. The molecule has 108 valence electrons. The number of hydrogen-bond acceptors (Lipinski definition) is 4. The number of benzene rings is 1. The highest BCUT2D eigenvalue weighted by atomic mass is 35.5. The number of aliphatic hydroxyl groups excluding tert-OH is 1. The zero-order valence-electron chi connectivity index (χ0n) is 10.6. The van der Waals surface area contributed by atoms with E-state index in [9.17, 15) is 14.7 Å². The Morgan fingerprint density at radius 3 is 2.50 bits per heavy atom. The largest absolute Gasteiger partial charge is 0.467 e. The van der Waals surface area contributed by atoms with Gasteiger partial charge in [0.2, 0.25) is 5.91 Å². The van der Waals surface area contributed by atoms with Crippen molar-refractivity contribution in [3.05, 3.63) is 39.9 Å². The van der Waals surface area contributed by atoms with Crippen LogP contribution in [0, 0.1) is 0 Å². The summed E-state index contributed by atoms with van der Waals surface area (Å²) in [7, 11) is 1.15. The molecule has 1 amide bonds. The first-order chi connectivity index (χ1) is 9.42. The Morgan fingerprint density at radius 2 is 1.95 bits per heavy atom. The summed E-state index contributed by atoms with van der Waals surface area (Å²) < 4.78 is 4.31. The van der Waals surface area contributed by atoms with E-state index < -0.39 is 18.0 Å². The van der Waals surface area contributed by atoms with Gasteiger partial charge in [-0.2, -0.15) is 0 Å². The smallest absolute Gasteiger partial charge is 0.336 e. The van der Waals surface area contributed by atoms with E-state index in [2.05, 4.69) is 10.1 Å². The van der Waals surface area contributed by atoms with Crippen molar-refractivity contribution in [1.29, 1.82) is 0 Å². The van der Waals surface area contributed by atoms with E-state index in [1.54, 1.807) is 18.2 Å². The van der Waals surface area contributed by atoms with Crippen LogP contribution in [0.25, 0.3) is 6.08 Å². The number of hydrogen-bond donors (Lipinski definition) is 2. The Hall–Kier alpha value is -1.56. The van der Waals surface area contributed by atoms with E-state index in [-0.39, 0.29) is 6.54 Å². The lowest BCUT2D eigenvalue weighted by Gasteiger charge is -2.08. The van der Waals surface area contributed by atoms with Crippen molar-refractivity contribution in [3.8, 4) is 0 Å². The van der Waals surface area contributed by atoms with E-state index in [0.717, 1.165) is 7.11 Å². The van der Waals surface area contributed by atoms with Crippen LogP contribution in [0.3, 0.4) is 0 Å². The van der Waals surface area contributed by atoms with Gasteiger partial charge in [0, 0.05) is 16.1 Å². The molecule has 1 aromatic rings. The van der Waals surface area contributed by atoms with Crippen molar-refractivity contribution in [3.63, 3.8) is 0 Å². The van der Waals surface area contributed by atoms with Crippen LogP contribution in [0.15, 0.2) is 24.3 Å². The second kappa shape index (κ2) is 7.89. The standard InChI is InChI=1S/C13H13Cl2NO4/c1-20-13(19)11(17)7-16-12(18)3-2-8-4-9(14)6-10(15)5-8/h2-6,11,17H,7H2,1H3,(H,16,18)/b3-2+. The van der Waals surface area contributed by atoms with Crippen molar-refractivity contribution in [2.75, 3.05) is 13.7 Å². The molecule has 0 saturated carbocycles. The topological polar surface area (TPSA) is 75.6 Å². The number of rotatable bonds is 5. The number of nitrogens with one attached hydrogen (secondary N) is 1. The molecule has 1 unspecified atom stereocenters. The highest BCUT2D eigenvalue weighted by Gasteiger charge is 2.15. The first kappa shape index (κ1) is 16.5. The maximum Gasteiger partial charge on any atom is 0.336 e. The molecular weight excluding hydrogens is 305 g/mol. The number of carbonyl (C=O) groups excluding carboxylic acids is 2. The third-order valence-corrected chi connectivity index (χ3v) is 2.69. The minimum Gasteiger partial charge on any atom is -0.467 e. The summed E-state index contributed by atoms with van der Waals surface area (Å²) >= 11 is 11.6. The quantitative estimate of drug-likeness (QED) is 0.639. The predicted octanol–water partition coefficient (Wildman–Crippen LogP) is 1.66. The SMILES string of the molecule is COC(=O)C(O)CNC(=O)/C=C/c1cc(Cl)cc(Cl)c1. The molecule has 20 heavy (non-hydrogen) atoms. The summed E-state index contributed by atoms with van der Waals surface area (Å²) in [5, 5.41) is 12.5. The molecule has 0 bridgehead atoms. The van der Waals surface area contributed by atoms with Crippen molar-refractivity contribution in [1.82, 2.24) is 5.32 Å². The maximum absolute atomic E-state index is 11.5. The van der Waals surface area contributed by atoms with Gasteiger partial charge < -0.3 is 15.2 Å². The first-order valence-corrected chi connectivity index (χ1v) is 6.36. The van der Waals surface area contributed by atoms with Crippen LogP contribution in [0.2, 0.25) is 10.0 Å². The monoisotopic (exact) mass is 317 g/mol. The molecule has 0 aliphatic heterocycles. The van der Waals surface area contributed by atoms with Gasteiger partial charge in [-0.05, 0) is 29.8 Å². The molecule has 0 spiro atoms. The van der Waals surface area contributed by atoms with Crippen LogP contribution in [-0.4, -0.2) is 36.7 Å². The van der Waals surface area contributed by atoms with Gasteiger partial charge in [-0.15, -0.1) is 0 Å². The number of halogens is 2. The highest BCUT2D eigenvalue weighted by Crippen LogP contribution is 2.19. The zero-order valence-corrected chi connectivity index (χ0v) is 12.1. The molecule has 0 radical (unpaired) electrons. The molecule has 1 rings (SSSR count). The molecule has 0 aromatic heterocycles. The zero-order chi connectivity index (χ0) is 15.1. The van der Waals surface area contributed by atoms with Crippen molar-refractivity contribution in [2.45, 2.75) is 6.10 Å². The van der Waals surface area contributed by atoms with Crippen LogP contribution in [0.1, 0.15) is 5.56 Å². The lowest BCUT2D eigenvalue weighted by atomic mass is 10.2. The minimum absolute atomic E-state index is 0.230. The van der Waals surface area contributed by atoms with Gasteiger partial charge in [-0.25, -0.2) is 4.79 Å². The van der Waals surface area contributed by atoms with Crippen LogP contribution < -0.4 is 5.32 Å². The van der Waals surface area contributed by atoms with Gasteiger partial charge in [0.1, 0.15) is 0 Å². The number of ether oxygens (including phenoxy) is 1. The van der Waals surface area contributed by atoms with Gasteiger partial charge in [0.25, 0.3) is 0 Å². The third-order valence-electron chi connectivity index (χ3n) is 2.25. The second-order valence-corrected chi connectivity index (χ2v) is 4.69. The fourth-order valence-electron chi connectivity index (χ4n) is 1.32. The lowest BCUT2D eigenvalue weighted by Crippen LogP contribution is -2.36. The first-order valence-electron chi connectivity index (χ1n) is 5.60. The van der Waals surface area contributed by atoms with Crippen molar-refractivity contribution >= 4 is 41.2 Å². The number of methoxy groups -OCH3 is 1. The van der Waals surface area contributed by atoms with E-state index in [1.165, 1.54) is 12.2 Å². The predicted molar refractivity (Wildman–Crippen MR) is 76.5 cm³/mol. The molecule has 1 aromatic carbocycles. The van der Waals surface area contributed by atoms with Crippen molar-refractivity contribution < 1.29 is 19.4 Å². The van der Waals surface area contributed by atoms with E-state index in [4.69, 9.17) is 23.2 Å². The van der Waals surface area contributed by atoms with Gasteiger partial charge in [0.05, 0.1) is 13.7 Å². The molecule has 7 heteroatoms. The van der Waals surface area contributed by atoms with E-state index in [1.807, 2.05) is 0 Å². The summed E-state index contributed by atoms with van der Waals surface area (Å²) in [5.41, 5.74) is 0.658. The van der Waals surface area contributed by atoms with E-state index >= 15 is 0 Å². The third kappa shape index (κ3) is 5.61. The Balaban J connectivity index is 2.53. The fourth-order valence-corrected chi connectivity index (χ4v) is 1.86. The Bertz CT molecular complexity index is 511. The molecule has 2 N–H and O–H groups in total. The van der Waals surface area contributed by atoms with Gasteiger partial charge in [-0.3, -0.25) is 4.79 Å². The van der Waals surface area contributed by atoms with Crippen LogP contribution in [0.4, 0.5) is 0 Å². The Kier molecular flexibility index (Phi) is 6.51. The van der Waals surface area contributed by atoms with Crippen LogP contribution in [-0.2, 0) is 14.3 Å². The summed E-state index contributed by atoms with van der Waals surface area (Å²) in [5.74, 6) is -1.28. The molecule has 1 atom stereocenters.